The van der Waals surface area contributed by atoms with Crippen LogP contribution in [0.25, 0.3) is 5.69 Å². The van der Waals surface area contributed by atoms with E-state index in [1.165, 1.54) is 0 Å². The summed E-state index contributed by atoms with van der Waals surface area (Å²) in [7, 11) is 0. The second-order valence-corrected chi connectivity index (χ2v) is 5.22. The number of para-hydroxylation sites is 1. The van der Waals surface area contributed by atoms with Crippen LogP contribution in [0.15, 0.2) is 36.5 Å². The molecule has 1 aliphatic rings. The molecule has 20 heavy (non-hydrogen) atoms. The van der Waals surface area contributed by atoms with Crippen molar-refractivity contribution in [3.63, 3.8) is 0 Å². The fourth-order valence-corrected chi connectivity index (χ4v) is 2.00. The molecule has 1 saturated carbocycles. The summed E-state index contributed by atoms with van der Waals surface area (Å²) in [5.41, 5.74) is 1.03. The maximum absolute atomic E-state index is 12.0. The number of hydrogen-bond donors (Lipinski definition) is 2. The van der Waals surface area contributed by atoms with Crippen molar-refractivity contribution in [2.24, 2.45) is 5.41 Å². The molecule has 1 aliphatic carbocycles. The van der Waals surface area contributed by atoms with Crippen LogP contribution in [0, 0.1) is 5.41 Å². The van der Waals surface area contributed by atoms with Gasteiger partial charge in [0.1, 0.15) is 0 Å². The van der Waals surface area contributed by atoms with Gasteiger partial charge in [0, 0.05) is 12.0 Å². The number of rotatable bonds is 5. The van der Waals surface area contributed by atoms with Gasteiger partial charge in [-0.3, -0.25) is 4.79 Å². The summed E-state index contributed by atoms with van der Waals surface area (Å²) >= 11 is 0. The van der Waals surface area contributed by atoms with E-state index >= 15 is 0 Å². The Labute approximate surface area is 116 Å². The summed E-state index contributed by atoms with van der Waals surface area (Å²) in [4.78, 5) is 12.0. The van der Waals surface area contributed by atoms with E-state index in [0.717, 1.165) is 18.5 Å². The first-order valence-corrected chi connectivity index (χ1v) is 6.59. The largest absolute Gasteiger partial charge is 0.396 e. The summed E-state index contributed by atoms with van der Waals surface area (Å²) in [6.07, 6.45) is 3.52. The minimum absolute atomic E-state index is 0.106. The van der Waals surface area contributed by atoms with Crippen LogP contribution < -0.4 is 5.32 Å². The number of aliphatic hydroxyl groups excluding tert-OH is 1. The number of nitrogens with one attached hydrogen (secondary N) is 1. The topological polar surface area (TPSA) is 80.0 Å². The normalized spacial score (nSPS) is 15.8. The molecule has 2 N–H and O–H groups in total. The van der Waals surface area contributed by atoms with Gasteiger partial charge in [-0.1, -0.05) is 23.4 Å². The predicted octanol–water partition coefficient (Wildman–Crippen LogP) is 0.770. The molecular weight excluding hydrogens is 256 g/mol. The second-order valence-electron chi connectivity index (χ2n) is 5.22. The Morgan fingerprint density at radius 1 is 1.35 bits per heavy atom. The first kappa shape index (κ1) is 12.8. The van der Waals surface area contributed by atoms with Gasteiger partial charge in [0.25, 0.3) is 5.91 Å². The highest BCUT2D eigenvalue weighted by atomic mass is 16.3. The molecule has 104 valence electrons. The maximum Gasteiger partial charge on any atom is 0.273 e. The third-order valence-electron chi connectivity index (χ3n) is 3.66. The summed E-state index contributed by atoms with van der Waals surface area (Å²) in [5.74, 6) is -0.257. The third-order valence-corrected chi connectivity index (χ3v) is 3.66. The minimum atomic E-state index is -0.257. The lowest BCUT2D eigenvalue weighted by atomic mass is 10.1. The molecule has 1 aromatic heterocycles. The Balaban J connectivity index is 1.66. The van der Waals surface area contributed by atoms with Gasteiger partial charge in [0.05, 0.1) is 18.5 Å². The van der Waals surface area contributed by atoms with Gasteiger partial charge in [0.2, 0.25) is 0 Å². The Bertz CT molecular complexity index is 605. The zero-order valence-corrected chi connectivity index (χ0v) is 11.0. The van der Waals surface area contributed by atoms with E-state index < -0.39 is 0 Å². The van der Waals surface area contributed by atoms with E-state index in [1.54, 1.807) is 10.9 Å². The molecule has 0 spiro atoms. The maximum atomic E-state index is 12.0. The zero-order valence-electron chi connectivity index (χ0n) is 11.0. The summed E-state index contributed by atoms with van der Waals surface area (Å²) < 4.78 is 1.56. The Morgan fingerprint density at radius 3 is 2.75 bits per heavy atom. The van der Waals surface area contributed by atoms with Crippen LogP contribution in [0.2, 0.25) is 0 Å². The highest BCUT2D eigenvalue weighted by Gasteiger charge is 2.42. The molecule has 1 fully saturated rings. The third kappa shape index (κ3) is 2.55. The predicted molar refractivity (Wildman–Crippen MR) is 72.4 cm³/mol. The number of amides is 1. The van der Waals surface area contributed by atoms with Crippen LogP contribution in [0.5, 0.6) is 0 Å². The lowest BCUT2D eigenvalue weighted by molar-refractivity contribution is 0.0930. The van der Waals surface area contributed by atoms with Crippen molar-refractivity contribution in [3.8, 4) is 5.69 Å². The van der Waals surface area contributed by atoms with E-state index in [-0.39, 0.29) is 23.6 Å². The molecule has 0 bridgehead atoms. The monoisotopic (exact) mass is 272 g/mol. The van der Waals surface area contributed by atoms with Gasteiger partial charge in [0.15, 0.2) is 5.69 Å². The quantitative estimate of drug-likeness (QED) is 0.842. The SMILES string of the molecule is O=C(NCC1(CO)CC1)c1cn(-c2ccccc2)nn1. The average Bonchev–Trinajstić information content (AvgIpc) is 3.12. The van der Waals surface area contributed by atoms with Crippen LogP contribution in [-0.4, -0.2) is 39.2 Å². The molecule has 0 aliphatic heterocycles. The molecule has 1 amide bonds. The first-order valence-electron chi connectivity index (χ1n) is 6.59. The number of aliphatic hydroxyl groups is 1. The Hall–Kier alpha value is -2.21. The fraction of sp³-hybridized carbons (Fsp3) is 0.357. The number of benzene rings is 1. The summed E-state index contributed by atoms with van der Waals surface area (Å²) in [5, 5.41) is 19.8. The molecule has 0 radical (unpaired) electrons. The van der Waals surface area contributed by atoms with Crippen molar-refractivity contribution in [1.29, 1.82) is 0 Å². The molecule has 6 heteroatoms. The standard InChI is InChI=1S/C14H16N4O2/c19-10-14(6-7-14)9-15-13(20)12-8-18(17-16-12)11-4-2-1-3-5-11/h1-5,8,19H,6-7,9-10H2,(H,15,20). The summed E-state index contributed by atoms with van der Waals surface area (Å²) in [6.45, 7) is 0.602. The molecule has 1 aromatic carbocycles. The van der Waals surface area contributed by atoms with E-state index in [1.807, 2.05) is 30.3 Å². The number of aromatic nitrogens is 3. The number of nitrogens with zero attached hydrogens (tertiary/aromatic N) is 3. The number of hydrogen-bond acceptors (Lipinski definition) is 4. The van der Waals surface area contributed by atoms with Crippen molar-refractivity contribution in [3.05, 3.63) is 42.2 Å². The zero-order chi connectivity index (χ0) is 14.0. The number of carbonyl (C=O) groups excluding carboxylic acids is 1. The van der Waals surface area contributed by atoms with Crippen molar-refractivity contribution >= 4 is 5.91 Å². The van der Waals surface area contributed by atoms with Gasteiger partial charge < -0.3 is 10.4 Å². The highest BCUT2D eigenvalue weighted by Crippen LogP contribution is 2.44. The molecule has 0 saturated heterocycles. The van der Waals surface area contributed by atoms with Gasteiger partial charge >= 0.3 is 0 Å². The van der Waals surface area contributed by atoms with Crippen molar-refractivity contribution < 1.29 is 9.90 Å². The minimum Gasteiger partial charge on any atom is -0.396 e. The average molecular weight is 272 g/mol. The molecule has 0 atom stereocenters. The fourth-order valence-electron chi connectivity index (χ4n) is 2.00. The van der Waals surface area contributed by atoms with E-state index in [4.69, 9.17) is 0 Å². The van der Waals surface area contributed by atoms with Crippen LogP contribution in [0.3, 0.4) is 0 Å². The van der Waals surface area contributed by atoms with Crippen molar-refractivity contribution in [1.82, 2.24) is 20.3 Å². The van der Waals surface area contributed by atoms with Gasteiger partial charge in [-0.05, 0) is 25.0 Å². The lowest BCUT2D eigenvalue weighted by Crippen LogP contribution is -2.32. The van der Waals surface area contributed by atoms with Crippen molar-refractivity contribution in [2.75, 3.05) is 13.2 Å². The van der Waals surface area contributed by atoms with Gasteiger partial charge in [-0.2, -0.15) is 0 Å². The summed E-state index contributed by atoms with van der Waals surface area (Å²) in [6, 6.07) is 9.49. The lowest BCUT2D eigenvalue weighted by Gasteiger charge is -2.11. The van der Waals surface area contributed by atoms with E-state index in [9.17, 15) is 9.90 Å². The highest BCUT2D eigenvalue weighted by molar-refractivity contribution is 5.91. The van der Waals surface area contributed by atoms with Gasteiger partial charge in [-0.25, -0.2) is 4.68 Å². The Kier molecular flexibility index (Phi) is 3.23. The van der Waals surface area contributed by atoms with E-state index in [0.29, 0.717) is 6.54 Å². The number of carbonyl (C=O) groups is 1. The van der Waals surface area contributed by atoms with Crippen LogP contribution >= 0.6 is 0 Å². The molecular formula is C14H16N4O2. The molecule has 1 heterocycles. The second kappa shape index (κ2) is 5.05. The Morgan fingerprint density at radius 2 is 2.10 bits per heavy atom. The van der Waals surface area contributed by atoms with Crippen LogP contribution in [0.1, 0.15) is 23.3 Å². The first-order chi connectivity index (χ1) is 9.72. The van der Waals surface area contributed by atoms with Crippen molar-refractivity contribution in [2.45, 2.75) is 12.8 Å². The van der Waals surface area contributed by atoms with Crippen LogP contribution in [-0.2, 0) is 0 Å². The van der Waals surface area contributed by atoms with Gasteiger partial charge in [-0.15, -0.1) is 5.10 Å². The smallest absolute Gasteiger partial charge is 0.273 e. The molecule has 0 unspecified atom stereocenters. The molecule has 3 rings (SSSR count). The molecule has 2 aromatic rings. The molecule has 6 nitrogen and oxygen atoms in total. The van der Waals surface area contributed by atoms with E-state index in [2.05, 4.69) is 15.6 Å². The van der Waals surface area contributed by atoms with Crippen LogP contribution in [0.4, 0.5) is 0 Å².